The molecule has 0 bridgehead atoms. The van der Waals surface area contributed by atoms with Crippen LogP contribution in [0.3, 0.4) is 0 Å². The normalized spacial score (nSPS) is 13.7. The second-order valence-electron chi connectivity index (χ2n) is 10.6. The molecular weight excluding hydrogens is 571 g/mol. The molecule has 4 aromatic rings. The first-order chi connectivity index (χ1) is 20.9. The Labute approximate surface area is 253 Å². The summed E-state index contributed by atoms with van der Waals surface area (Å²) in [6.07, 6.45) is -3.07. The molecule has 2 atom stereocenters. The number of aromatic nitrogens is 1. The molecule has 0 aliphatic carbocycles. The maximum Gasteiger partial charge on any atom is 0.416 e. The average Bonchev–Trinajstić information content (AvgIpc) is 3.00. The van der Waals surface area contributed by atoms with Gasteiger partial charge in [-0.2, -0.15) is 13.2 Å². The van der Waals surface area contributed by atoms with Gasteiger partial charge in [-0.25, -0.2) is 0 Å². The van der Waals surface area contributed by atoms with Gasteiger partial charge in [0.1, 0.15) is 11.6 Å². The number of amides is 2. The minimum Gasteiger partial charge on any atom is -0.369 e. The van der Waals surface area contributed by atoms with Gasteiger partial charge in [0.05, 0.1) is 11.1 Å². The maximum absolute atomic E-state index is 14.0. The van der Waals surface area contributed by atoms with Gasteiger partial charge in [-0.1, -0.05) is 42.5 Å². The number of alkyl halides is 3. The number of hydrogen-bond acceptors (Lipinski definition) is 7. The van der Waals surface area contributed by atoms with Crippen LogP contribution < -0.4 is 33.2 Å². The Balaban J connectivity index is 1.65. The molecule has 0 fully saturated rings. The van der Waals surface area contributed by atoms with E-state index in [1.807, 2.05) is 48.5 Å². The Morgan fingerprint density at radius 2 is 1.48 bits per heavy atom. The van der Waals surface area contributed by atoms with E-state index in [9.17, 15) is 22.8 Å². The third kappa shape index (κ3) is 7.70. The van der Waals surface area contributed by atoms with Crippen molar-refractivity contribution in [2.45, 2.75) is 30.6 Å². The number of carbonyl (C=O) groups excluding carboxylic acids is 2. The van der Waals surface area contributed by atoms with Crippen LogP contribution in [0.5, 0.6) is 0 Å². The van der Waals surface area contributed by atoms with E-state index in [1.165, 1.54) is 18.3 Å². The van der Waals surface area contributed by atoms with Crippen LogP contribution in [0.1, 0.15) is 22.3 Å². The number of rotatable bonds is 13. The van der Waals surface area contributed by atoms with Gasteiger partial charge in [-0.15, -0.1) is 0 Å². The van der Waals surface area contributed by atoms with E-state index in [0.29, 0.717) is 42.8 Å². The largest absolute Gasteiger partial charge is 0.416 e. The van der Waals surface area contributed by atoms with Crippen LogP contribution in [0.25, 0.3) is 10.9 Å². The molecule has 1 aromatic heterocycles. The minimum absolute atomic E-state index is 0.0404. The third-order valence-corrected chi connectivity index (χ3v) is 7.46. The Bertz CT molecular complexity index is 1570. The molecule has 3 aromatic carbocycles. The van der Waals surface area contributed by atoms with Gasteiger partial charge < -0.3 is 33.2 Å². The fourth-order valence-electron chi connectivity index (χ4n) is 5.03. The van der Waals surface area contributed by atoms with Gasteiger partial charge in [-0.3, -0.25) is 14.6 Å². The number of nitrogens with two attached hydrogens (primary N) is 4. The van der Waals surface area contributed by atoms with Crippen LogP contribution in [-0.4, -0.2) is 49.0 Å². The average molecular weight is 608 g/mol. The highest BCUT2D eigenvalue weighted by atomic mass is 19.4. The summed E-state index contributed by atoms with van der Waals surface area (Å²) < 4.78 is 39.1. The summed E-state index contributed by atoms with van der Waals surface area (Å²) in [5.74, 6) is -1.55. The molecule has 9 nitrogen and oxygen atoms in total. The minimum atomic E-state index is -4.51. The summed E-state index contributed by atoms with van der Waals surface area (Å²) in [5.41, 5.74) is 24.7. The van der Waals surface area contributed by atoms with Crippen LogP contribution in [0.2, 0.25) is 0 Å². The summed E-state index contributed by atoms with van der Waals surface area (Å²) >= 11 is 0. The summed E-state index contributed by atoms with van der Waals surface area (Å²) in [6, 6.07) is 19.7. The van der Waals surface area contributed by atoms with Crippen molar-refractivity contribution < 1.29 is 22.8 Å². The molecule has 1 heterocycles. The molecule has 44 heavy (non-hydrogen) atoms. The lowest BCUT2D eigenvalue weighted by Crippen LogP contribution is -2.58. The predicted molar refractivity (Wildman–Crippen MR) is 164 cm³/mol. The quantitative estimate of drug-likeness (QED) is 0.156. The van der Waals surface area contributed by atoms with Crippen LogP contribution >= 0.6 is 0 Å². The number of hydrogen-bond donors (Lipinski definition) is 5. The molecule has 12 heteroatoms. The fraction of sp³-hybridized carbons (Fsp3) is 0.281. The number of nitrogens with zero attached hydrogens (tertiary/aromatic N) is 2. The fourth-order valence-corrected chi connectivity index (χ4v) is 5.03. The molecule has 232 valence electrons. The lowest BCUT2D eigenvalue weighted by atomic mass is 9.83. The second-order valence-corrected chi connectivity index (χ2v) is 10.6. The van der Waals surface area contributed by atoms with Crippen molar-refractivity contribution in [3.63, 3.8) is 0 Å². The number of fused-ring (bicyclic) bond motifs is 1. The van der Waals surface area contributed by atoms with Crippen LogP contribution in [0, 0.1) is 0 Å². The van der Waals surface area contributed by atoms with Crippen LogP contribution in [0.4, 0.5) is 18.9 Å². The molecule has 9 N–H and O–H groups in total. The van der Waals surface area contributed by atoms with E-state index in [2.05, 4.69) is 15.2 Å². The maximum atomic E-state index is 14.0. The molecular formula is C32H36F3N7O2. The second kappa shape index (κ2) is 13.8. The number of primary amides is 1. The van der Waals surface area contributed by atoms with E-state index in [-0.39, 0.29) is 12.8 Å². The van der Waals surface area contributed by atoms with Gasteiger partial charge in [0.25, 0.3) is 0 Å². The molecule has 0 spiro atoms. The zero-order valence-electron chi connectivity index (χ0n) is 24.1. The highest BCUT2D eigenvalue weighted by Crippen LogP contribution is 2.30. The Kier molecular flexibility index (Phi) is 10.2. The first-order valence-corrected chi connectivity index (χ1v) is 14.1. The van der Waals surface area contributed by atoms with Crippen molar-refractivity contribution in [2.24, 2.45) is 22.9 Å². The van der Waals surface area contributed by atoms with Gasteiger partial charge in [-0.05, 0) is 47.5 Å². The molecule has 0 aliphatic rings. The molecule has 0 saturated heterocycles. The van der Waals surface area contributed by atoms with E-state index < -0.39 is 35.1 Å². The highest BCUT2D eigenvalue weighted by Gasteiger charge is 2.39. The Morgan fingerprint density at radius 1 is 0.864 bits per heavy atom. The van der Waals surface area contributed by atoms with Gasteiger partial charge in [0.15, 0.2) is 0 Å². The number of anilines is 1. The van der Waals surface area contributed by atoms with Crippen molar-refractivity contribution in [1.82, 2.24) is 10.3 Å². The number of para-hydroxylation sites is 1. The number of carbonyl (C=O) groups is 2. The molecule has 4 rings (SSSR count). The van der Waals surface area contributed by atoms with E-state index >= 15 is 0 Å². The van der Waals surface area contributed by atoms with Crippen molar-refractivity contribution in [1.29, 1.82) is 0 Å². The number of pyridine rings is 1. The number of halogens is 3. The summed E-state index contributed by atoms with van der Waals surface area (Å²) in [7, 11) is 0. The van der Waals surface area contributed by atoms with Crippen LogP contribution in [0.15, 0.2) is 85.1 Å². The zero-order valence-corrected chi connectivity index (χ0v) is 24.1. The summed E-state index contributed by atoms with van der Waals surface area (Å²) in [6.45, 7) is 2.15. The Morgan fingerprint density at radius 3 is 2.07 bits per heavy atom. The number of benzene rings is 3. The SMILES string of the molecule is NCCN(CCN)c1ccc(C[C@@](N)(C(=O)N[C@@H](Cc2ccc(C(F)(F)F)cc2)C(N)=O)c2cnc3ccccc3c2)cc1. The summed E-state index contributed by atoms with van der Waals surface area (Å²) in [4.78, 5) is 32.9. The lowest BCUT2D eigenvalue weighted by Gasteiger charge is -2.31. The first kappa shape index (κ1) is 32.4. The highest BCUT2D eigenvalue weighted by molar-refractivity contribution is 5.93. The third-order valence-electron chi connectivity index (χ3n) is 7.46. The molecule has 0 saturated carbocycles. The van der Waals surface area contributed by atoms with Crippen molar-refractivity contribution in [3.8, 4) is 0 Å². The molecule has 0 radical (unpaired) electrons. The topological polar surface area (TPSA) is 166 Å². The van der Waals surface area contributed by atoms with Gasteiger partial charge in [0.2, 0.25) is 11.8 Å². The molecule has 0 aliphatic heterocycles. The molecule has 0 unspecified atom stereocenters. The van der Waals surface area contributed by atoms with E-state index in [1.54, 1.807) is 6.07 Å². The van der Waals surface area contributed by atoms with Crippen LogP contribution in [-0.2, 0) is 34.1 Å². The standard InChI is InChI=1S/C32H36F3N7O2/c33-32(34,35)24-9-5-21(6-10-24)17-28(29(38)43)41-30(44)31(39,25-18-23-3-1-2-4-27(23)40-20-25)19-22-7-11-26(12-8-22)42(15-13-36)16-14-37/h1-12,18,20,28H,13-17,19,36-37,39H2,(H2,38,43)(H,41,44)/t28-,31-/m0/s1. The van der Waals surface area contributed by atoms with Gasteiger partial charge >= 0.3 is 6.18 Å². The zero-order chi connectivity index (χ0) is 31.9. The first-order valence-electron chi connectivity index (χ1n) is 14.1. The number of nitrogens with one attached hydrogen (secondary N) is 1. The van der Waals surface area contributed by atoms with E-state index in [4.69, 9.17) is 22.9 Å². The summed E-state index contributed by atoms with van der Waals surface area (Å²) in [5, 5.41) is 3.42. The van der Waals surface area contributed by atoms with Crippen molar-refractivity contribution in [2.75, 3.05) is 31.1 Å². The van der Waals surface area contributed by atoms with E-state index in [0.717, 1.165) is 28.8 Å². The smallest absolute Gasteiger partial charge is 0.369 e. The van der Waals surface area contributed by atoms with Gasteiger partial charge in [0, 0.05) is 61.9 Å². The molecule has 2 amide bonds. The van der Waals surface area contributed by atoms with Crippen molar-refractivity contribution >= 4 is 28.4 Å². The Hall–Kier alpha value is -4.52. The lowest BCUT2D eigenvalue weighted by molar-refractivity contribution is -0.137. The van der Waals surface area contributed by atoms with Crippen molar-refractivity contribution in [3.05, 3.63) is 107 Å². The monoisotopic (exact) mass is 607 g/mol. The predicted octanol–water partition coefficient (Wildman–Crippen LogP) is 2.59.